The molecule has 2 aliphatic rings. The number of hydrogen-bond acceptors (Lipinski definition) is 3. The van der Waals surface area contributed by atoms with Crippen molar-refractivity contribution in [2.45, 2.75) is 51.0 Å². The van der Waals surface area contributed by atoms with Crippen molar-refractivity contribution in [2.24, 2.45) is 5.92 Å². The first-order chi connectivity index (χ1) is 8.88. The van der Waals surface area contributed by atoms with E-state index in [1.54, 1.807) is 0 Å². The molecule has 18 heavy (non-hydrogen) atoms. The van der Waals surface area contributed by atoms with Crippen molar-refractivity contribution in [2.75, 3.05) is 39.9 Å². The van der Waals surface area contributed by atoms with Crippen LogP contribution in [-0.4, -0.2) is 50.8 Å². The molecule has 1 atom stereocenters. The fourth-order valence-corrected chi connectivity index (χ4v) is 2.96. The van der Waals surface area contributed by atoms with E-state index in [0.29, 0.717) is 0 Å². The lowest BCUT2D eigenvalue weighted by Crippen LogP contribution is -2.37. The molecule has 1 saturated carbocycles. The van der Waals surface area contributed by atoms with Gasteiger partial charge in [-0.3, -0.25) is 0 Å². The topological polar surface area (TPSA) is 24.5 Å². The number of piperidine rings is 1. The molecular formula is C15H30N2O. The smallest absolute Gasteiger partial charge is 0.0502 e. The van der Waals surface area contributed by atoms with Gasteiger partial charge in [-0.1, -0.05) is 6.42 Å². The highest BCUT2D eigenvalue weighted by Gasteiger charge is 2.20. The molecule has 0 radical (unpaired) electrons. The van der Waals surface area contributed by atoms with Gasteiger partial charge >= 0.3 is 0 Å². The van der Waals surface area contributed by atoms with E-state index in [4.69, 9.17) is 4.74 Å². The summed E-state index contributed by atoms with van der Waals surface area (Å²) in [5, 5.41) is 3.59. The molecule has 0 aromatic heterocycles. The van der Waals surface area contributed by atoms with Gasteiger partial charge in [-0.2, -0.15) is 0 Å². The van der Waals surface area contributed by atoms with Crippen molar-refractivity contribution < 1.29 is 4.74 Å². The first kappa shape index (κ1) is 14.3. The molecule has 1 aliphatic carbocycles. The number of hydrogen-bond donors (Lipinski definition) is 1. The van der Waals surface area contributed by atoms with Crippen LogP contribution in [0.25, 0.3) is 0 Å². The number of rotatable bonds is 9. The number of likely N-dealkylation sites (tertiary alicyclic amines) is 1. The van der Waals surface area contributed by atoms with Crippen LogP contribution in [0.1, 0.15) is 44.9 Å². The third kappa shape index (κ3) is 5.68. The van der Waals surface area contributed by atoms with Crippen molar-refractivity contribution in [3.05, 3.63) is 0 Å². The second kappa shape index (κ2) is 8.13. The highest BCUT2D eigenvalue weighted by Crippen LogP contribution is 2.19. The number of ether oxygens (including phenoxy) is 1. The molecule has 2 fully saturated rings. The summed E-state index contributed by atoms with van der Waals surface area (Å²) in [6.45, 7) is 6.04. The predicted octanol–water partition coefficient (Wildman–Crippen LogP) is 2.27. The molecule has 1 aliphatic heterocycles. The standard InChI is InChI=1S/C15H30N2O/c1-18-13-14-6-5-11-17(12-14)10-4-2-3-9-16-15-7-8-15/h14-16H,2-13H2,1H3. The lowest BCUT2D eigenvalue weighted by Gasteiger charge is -2.32. The Morgan fingerprint density at radius 2 is 2.06 bits per heavy atom. The Balaban J connectivity index is 1.44. The lowest BCUT2D eigenvalue weighted by atomic mass is 9.99. The minimum Gasteiger partial charge on any atom is -0.384 e. The molecule has 0 aromatic rings. The van der Waals surface area contributed by atoms with Gasteiger partial charge < -0.3 is 15.0 Å². The second-order valence-corrected chi connectivity index (χ2v) is 6.05. The van der Waals surface area contributed by atoms with E-state index in [1.165, 1.54) is 71.1 Å². The van der Waals surface area contributed by atoms with E-state index in [9.17, 15) is 0 Å². The summed E-state index contributed by atoms with van der Waals surface area (Å²) in [6.07, 6.45) is 9.64. The molecule has 1 N–H and O–H groups in total. The Kier molecular flexibility index (Phi) is 6.46. The first-order valence-electron chi connectivity index (χ1n) is 7.83. The maximum atomic E-state index is 5.28. The molecule has 0 spiro atoms. The maximum absolute atomic E-state index is 5.28. The summed E-state index contributed by atoms with van der Waals surface area (Å²) >= 11 is 0. The van der Waals surface area contributed by atoms with Gasteiger partial charge in [0.15, 0.2) is 0 Å². The average Bonchev–Trinajstić information content (AvgIpc) is 3.19. The summed E-state index contributed by atoms with van der Waals surface area (Å²) in [5.41, 5.74) is 0. The molecule has 0 bridgehead atoms. The second-order valence-electron chi connectivity index (χ2n) is 6.05. The van der Waals surface area contributed by atoms with Crippen LogP contribution in [0.4, 0.5) is 0 Å². The largest absolute Gasteiger partial charge is 0.384 e. The Labute approximate surface area is 112 Å². The first-order valence-corrected chi connectivity index (χ1v) is 7.83. The molecule has 2 rings (SSSR count). The monoisotopic (exact) mass is 254 g/mol. The van der Waals surface area contributed by atoms with Gasteiger partial charge in [-0.15, -0.1) is 0 Å². The molecule has 3 heteroatoms. The third-order valence-corrected chi connectivity index (χ3v) is 4.17. The molecule has 3 nitrogen and oxygen atoms in total. The van der Waals surface area contributed by atoms with E-state index in [-0.39, 0.29) is 0 Å². The minimum atomic E-state index is 0.778. The van der Waals surface area contributed by atoms with Crippen molar-refractivity contribution in [1.82, 2.24) is 10.2 Å². The van der Waals surface area contributed by atoms with Gasteiger partial charge in [0, 0.05) is 19.7 Å². The normalized spacial score (nSPS) is 25.5. The highest BCUT2D eigenvalue weighted by atomic mass is 16.5. The van der Waals surface area contributed by atoms with Crippen LogP contribution in [0.3, 0.4) is 0 Å². The van der Waals surface area contributed by atoms with E-state index in [0.717, 1.165) is 18.6 Å². The fraction of sp³-hybridized carbons (Fsp3) is 1.00. The third-order valence-electron chi connectivity index (χ3n) is 4.17. The van der Waals surface area contributed by atoms with Crippen LogP contribution < -0.4 is 5.32 Å². The summed E-state index contributed by atoms with van der Waals surface area (Å²) < 4.78 is 5.28. The zero-order valence-electron chi connectivity index (χ0n) is 12.0. The fourth-order valence-electron chi connectivity index (χ4n) is 2.96. The van der Waals surface area contributed by atoms with Crippen molar-refractivity contribution >= 4 is 0 Å². The summed E-state index contributed by atoms with van der Waals surface area (Å²) in [5.74, 6) is 0.778. The number of unbranched alkanes of at least 4 members (excludes halogenated alkanes) is 2. The molecule has 1 heterocycles. The Bertz CT molecular complexity index is 217. The van der Waals surface area contributed by atoms with Crippen LogP contribution in [0, 0.1) is 5.92 Å². The predicted molar refractivity (Wildman–Crippen MR) is 75.9 cm³/mol. The summed E-state index contributed by atoms with van der Waals surface area (Å²) in [4.78, 5) is 2.64. The van der Waals surface area contributed by atoms with Crippen LogP contribution in [-0.2, 0) is 4.74 Å². The summed E-state index contributed by atoms with van der Waals surface area (Å²) in [7, 11) is 1.83. The molecule has 0 aromatic carbocycles. The maximum Gasteiger partial charge on any atom is 0.0502 e. The number of methoxy groups -OCH3 is 1. The van der Waals surface area contributed by atoms with Crippen LogP contribution in [0.15, 0.2) is 0 Å². The van der Waals surface area contributed by atoms with E-state index >= 15 is 0 Å². The Morgan fingerprint density at radius 1 is 1.17 bits per heavy atom. The van der Waals surface area contributed by atoms with Crippen molar-refractivity contribution in [1.29, 1.82) is 0 Å². The number of nitrogens with one attached hydrogen (secondary N) is 1. The van der Waals surface area contributed by atoms with Gasteiger partial charge in [0.2, 0.25) is 0 Å². The zero-order chi connectivity index (χ0) is 12.6. The molecule has 0 amide bonds. The van der Waals surface area contributed by atoms with Gasteiger partial charge in [-0.25, -0.2) is 0 Å². The molecule has 1 saturated heterocycles. The van der Waals surface area contributed by atoms with Crippen LogP contribution in [0.5, 0.6) is 0 Å². The van der Waals surface area contributed by atoms with Gasteiger partial charge in [0.25, 0.3) is 0 Å². The van der Waals surface area contributed by atoms with E-state index < -0.39 is 0 Å². The molecule has 106 valence electrons. The van der Waals surface area contributed by atoms with Gasteiger partial charge in [0.05, 0.1) is 6.61 Å². The summed E-state index contributed by atoms with van der Waals surface area (Å²) in [6, 6.07) is 0.877. The van der Waals surface area contributed by atoms with E-state index in [2.05, 4.69) is 10.2 Å². The zero-order valence-corrected chi connectivity index (χ0v) is 12.0. The molecular weight excluding hydrogens is 224 g/mol. The minimum absolute atomic E-state index is 0.778. The van der Waals surface area contributed by atoms with Crippen LogP contribution >= 0.6 is 0 Å². The lowest BCUT2D eigenvalue weighted by molar-refractivity contribution is 0.0898. The van der Waals surface area contributed by atoms with E-state index in [1.807, 2.05) is 7.11 Å². The van der Waals surface area contributed by atoms with Crippen molar-refractivity contribution in [3.63, 3.8) is 0 Å². The SMILES string of the molecule is COCC1CCCN(CCCCCNC2CC2)C1. The Morgan fingerprint density at radius 3 is 2.83 bits per heavy atom. The Hall–Kier alpha value is -0.120. The van der Waals surface area contributed by atoms with Crippen LogP contribution in [0.2, 0.25) is 0 Å². The molecule has 1 unspecified atom stereocenters. The number of nitrogens with zero attached hydrogens (tertiary/aromatic N) is 1. The highest BCUT2D eigenvalue weighted by molar-refractivity contribution is 4.80. The van der Waals surface area contributed by atoms with Crippen molar-refractivity contribution in [3.8, 4) is 0 Å². The quantitative estimate of drug-likeness (QED) is 0.639. The van der Waals surface area contributed by atoms with Gasteiger partial charge in [0.1, 0.15) is 0 Å². The average molecular weight is 254 g/mol. The van der Waals surface area contributed by atoms with Gasteiger partial charge in [-0.05, 0) is 64.1 Å².